The molecular weight excluding hydrogens is 374 g/mol. The van der Waals surface area contributed by atoms with Crippen molar-refractivity contribution in [1.29, 1.82) is 5.26 Å². The van der Waals surface area contributed by atoms with E-state index in [9.17, 15) is 19.6 Å². The summed E-state index contributed by atoms with van der Waals surface area (Å²) in [4.78, 5) is 43.1. The van der Waals surface area contributed by atoms with Crippen LogP contribution in [0.2, 0.25) is 0 Å². The van der Waals surface area contributed by atoms with Gasteiger partial charge in [0, 0.05) is 25.2 Å². The number of aromatic nitrogens is 2. The summed E-state index contributed by atoms with van der Waals surface area (Å²) in [5.41, 5.74) is 6.12. The van der Waals surface area contributed by atoms with Gasteiger partial charge in [-0.2, -0.15) is 5.26 Å². The number of amides is 1. The number of nitrogens with two attached hydrogens (primary N) is 1. The molecule has 0 spiro atoms. The Labute approximate surface area is 167 Å². The summed E-state index contributed by atoms with van der Waals surface area (Å²) in [5.74, 6) is -1.04. The summed E-state index contributed by atoms with van der Waals surface area (Å²) in [7, 11) is 1.16. The van der Waals surface area contributed by atoms with Crippen molar-refractivity contribution in [3.05, 3.63) is 45.4 Å². The first-order chi connectivity index (χ1) is 13.9. The van der Waals surface area contributed by atoms with E-state index in [4.69, 9.17) is 5.73 Å². The molecule has 2 aromatic heterocycles. The molecule has 3 rings (SSSR count). The summed E-state index contributed by atoms with van der Waals surface area (Å²) in [6.07, 6.45) is 3.87. The third-order valence-electron chi connectivity index (χ3n) is 5.08. The Balaban J connectivity index is 2.19. The minimum atomic E-state index is -0.834. The minimum absolute atomic E-state index is 0.118. The van der Waals surface area contributed by atoms with Gasteiger partial charge in [-0.15, -0.1) is 0 Å². The van der Waals surface area contributed by atoms with Crippen molar-refractivity contribution in [1.82, 2.24) is 9.38 Å². The molecule has 1 saturated heterocycles. The van der Waals surface area contributed by atoms with Gasteiger partial charge in [0.1, 0.15) is 23.1 Å². The van der Waals surface area contributed by atoms with E-state index in [1.165, 1.54) is 10.5 Å². The number of fused-ring (bicyclic) bond motifs is 1. The molecule has 150 valence electrons. The molecule has 2 aromatic rings. The lowest BCUT2D eigenvalue weighted by Crippen LogP contribution is -2.40. The van der Waals surface area contributed by atoms with Gasteiger partial charge in [-0.3, -0.25) is 14.0 Å². The van der Waals surface area contributed by atoms with E-state index in [-0.39, 0.29) is 23.0 Å². The minimum Gasteiger partial charge on any atom is -0.465 e. The van der Waals surface area contributed by atoms with Crippen LogP contribution in [0.4, 0.5) is 5.82 Å². The summed E-state index contributed by atoms with van der Waals surface area (Å²) in [6.45, 7) is 2.79. The predicted molar refractivity (Wildman–Crippen MR) is 106 cm³/mol. The number of nitriles is 1. The van der Waals surface area contributed by atoms with Crippen LogP contribution in [0.3, 0.4) is 0 Å². The van der Waals surface area contributed by atoms with E-state index in [1.807, 2.05) is 17.9 Å². The van der Waals surface area contributed by atoms with Gasteiger partial charge in [0.05, 0.1) is 12.7 Å². The summed E-state index contributed by atoms with van der Waals surface area (Å²) in [6, 6.07) is 5.34. The molecule has 0 saturated carbocycles. The lowest BCUT2D eigenvalue weighted by atomic mass is 9.96. The number of nitrogens with zero attached hydrogens (tertiary/aromatic N) is 4. The maximum atomic E-state index is 13.2. The molecule has 0 bridgehead atoms. The molecule has 0 unspecified atom stereocenters. The number of carbonyl (C=O) groups excluding carboxylic acids is 2. The number of methoxy groups -OCH3 is 1. The van der Waals surface area contributed by atoms with Crippen LogP contribution < -0.4 is 16.2 Å². The first-order valence-electron chi connectivity index (χ1n) is 9.13. The van der Waals surface area contributed by atoms with Gasteiger partial charge in [0.15, 0.2) is 0 Å². The summed E-state index contributed by atoms with van der Waals surface area (Å²) >= 11 is 0. The largest absolute Gasteiger partial charge is 0.465 e. The normalized spacial score (nSPS) is 15.2. The maximum absolute atomic E-state index is 13.2. The number of esters is 1. The molecule has 0 aliphatic carbocycles. The molecule has 29 heavy (non-hydrogen) atoms. The van der Waals surface area contributed by atoms with Gasteiger partial charge in [-0.25, -0.2) is 9.78 Å². The van der Waals surface area contributed by atoms with Crippen molar-refractivity contribution in [2.24, 2.45) is 11.7 Å². The Morgan fingerprint density at radius 1 is 1.38 bits per heavy atom. The van der Waals surface area contributed by atoms with Crippen LogP contribution in [-0.4, -0.2) is 41.5 Å². The van der Waals surface area contributed by atoms with Crippen LogP contribution >= 0.6 is 0 Å². The second-order valence-corrected chi connectivity index (χ2v) is 6.86. The fraction of sp³-hybridized carbons (Fsp3) is 0.350. The third-order valence-corrected chi connectivity index (χ3v) is 5.08. The fourth-order valence-electron chi connectivity index (χ4n) is 3.43. The Morgan fingerprint density at radius 3 is 2.66 bits per heavy atom. The molecule has 9 heteroatoms. The van der Waals surface area contributed by atoms with Crippen molar-refractivity contribution >= 4 is 29.4 Å². The number of aryl methyl sites for hydroxylation is 1. The number of pyridine rings is 1. The summed E-state index contributed by atoms with van der Waals surface area (Å²) < 4.78 is 6.01. The zero-order valence-corrected chi connectivity index (χ0v) is 16.2. The van der Waals surface area contributed by atoms with Crippen LogP contribution in [0.1, 0.15) is 24.0 Å². The average molecular weight is 395 g/mol. The Bertz CT molecular complexity index is 1100. The monoisotopic (exact) mass is 395 g/mol. The zero-order chi connectivity index (χ0) is 21.1. The van der Waals surface area contributed by atoms with Crippen molar-refractivity contribution in [2.45, 2.75) is 19.8 Å². The Morgan fingerprint density at radius 2 is 2.07 bits per heavy atom. The molecule has 1 aliphatic rings. The van der Waals surface area contributed by atoms with Gasteiger partial charge in [0.25, 0.3) is 5.56 Å². The summed E-state index contributed by atoms with van der Waals surface area (Å²) in [5, 5.41) is 9.32. The second kappa shape index (κ2) is 8.14. The van der Waals surface area contributed by atoms with Crippen LogP contribution in [0.15, 0.2) is 28.7 Å². The Hall–Kier alpha value is -3.67. The van der Waals surface area contributed by atoms with Crippen molar-refractivity contribution < 1.29 is 14.3 Å². The molecule has 1 aliphatic heterocycles. The SMILES string of the molecule is COC(=O)/C(C#N)=C/c1c(N2CCC(C(N)=O)CC2)nc2c(C)cccn2c1=O. The van der Waals surface area contributed by atoms with Crippen molar-refractivity contribution in [3.8, 4) is 6.07 Å². The number of rotatable bonds is 4. The topological polar surface area (TPSA) is 131 Å². The lowest BCUT2D eigenvalue weighted by molar-refractivity contribution is -0.135. The fourth-order valence-corrected chi connectivity index (χ4v) is 3.43. The molecule has 0 atom stereocenters. The van der Waals surface area contributed by atoms with Gasteiger partial charge in [0.2, 0.25) is 5.91 Å². The second-order valence-electron chi connectivity index (χ2n) is 6.86. The van der Waals surface area contributed by atoms with Crippen LogP contribution in [0.25, 0.3) is 11.7 Å². The highest BCUT2D eigenvalue weighted by atomic mass is 16.5. The molecule has 9 nitrogen and oxygen atoms in total. The quantitative estimate of drug-likeness (QED) is 0.460. The molecule has 0 aromatic carbocycles. The highest BCUT2D eigenvalue weighted by Crippen LogP contribution is 2.26. The molecule has 2 N–H and O–H groups in total. The molecule has 3 heterocycles. The van der Waals surface area contributed by atoms with E-state index in [0.717, 1.165) is 12.7 Å². The number of ether oxygens (including phenoxy) is 1. The van der Waals surface area contributed by atoms with E-state index >= 15 is 0 Å². The molecule has 0 radical (unpaired) electrons. The number of carbonyl (C=O) groups is 2. The number of primary amides is 1. The van der Waals surface area contributed by atoms with Crippen molar-refractivity contribution in [2.75, 3.05) is 25.1 Å². The van der Waals surface area contributed by atoms with Crippen LogP contribution in [0.5, 0.6) is 0 Å². The van der Waals surface area contributed by atoms with E-state index in [0.29, 0.717) is 37.4 Å². The highest BCUT2D eigenvalue weighted by molar-refractivity contribution is 5.98. The van der Waals surface area contributed by atoms with Gasteiger partial charge in [-0.05, 0) is 37.5 Å². The number of anilines is 1. The smallest absolute Gasteiger partial charge is 0.348 e. The molecule has 1 amide bonds. The highest BCUT2D eigenvalue weighted by Gasteiger charge is 2.27. The van der Waals surface area contributed by atoms with Gasteiger partial charge >= 0.3 is 5.97 Å². The molecular formula is C20H21N5O4. The standard InChI is InChI=1S/C20H21N5O4/c1-12-4-3-7-25-17(12)23-18(24-8-5-13(6-9-24)16(22)26)15(19(25)27)10-14(11-21)20(28)29-2/h3-4,7,10,13H,5-6,8-9H2,1-2H3,(H2,22,26)/b14-10+. The number of hydrogen-bond acceptors (Lipinski definition) is 7. The van der Waals surface area contributed by atoms with E-state index < -0.39 is 11.5 Å². The average Bonchev–Trinajstić information content (AvgIpc) is 2.73. The van der Waals surface area contributed by atoms with Crippen molar-refractivity contribution in [3.63, 3.8) is 0 Å². The number of hydrogen-bond donors (Lipinski definition) is 1. The Kier molecular flexibility index (Phi) is 5.64. The lowest BCUT2D eigenvalue weighted by Gasteiger charge is -2.32. The first-order valence-corrected chi connectivity index (χ1v) is 9.13. The zero-order valence-electron chi connectivity index (χ0n) is 16.2. The first kappa shape index (κ1) is 20.1. The third kappa shape index (κ3) is 3.82. The van der Waals surface area contributed by atoms with E-state index in [2.05, 4.69) is 9.72 Å². The van der Waals surface area contributed by atoms with Crippen LogP contribution in [0, 0.1) is 24.2 Å². The number of piperidine rings is 1. The predicted octanol–water partition coefficient (Wildman–Crippen LogP) is 0.785. The van der Waals surface area contributed by atoms with Gasteiger partial charge in [-0.1, -0.05) is 6.07 Å². The van der Waals surface area contributed by atoms with E-state index in [1.54, 1.807) is 18.3 Å². The van der Waals surface area contributed by atoms with Crippen LogP contribution in [-0.2, 0) is 14.3 Å². The molecule has 1 fully saturated rings. The maximum Gasteiger partial charge on any atom is 0.348 e. The van der Waals surface area contributed by atoms with Gasteiger partial charge < -0.3 is 15.4 Å².